The first-order chi connectivity index (χ1) is 28.2. The van der Waals surface area contributed by atoms with Crippen molar-refractivity contribution < 1.29 is 4.42 Å². The van der Waals surface area contributed by atoms with Crippen LogP contribution in [0, 0.1) is 0 Å². The number of aromatic nitrogens is 1. The molecule has 0 radical (unpaired) electrons. The van der Waals surface area contributed by atoms with Crippen molar-refractivity contribution in [3.05, 3.63) is 206 Å². The van der Waals surface area contributed by atoms with E-state index >= 15 is 0 Å². The first-order valence-electron chi connectivity index (χ1n) is 19.2. The quantitative estimate of drug-likeness (QED) is 0.163. The smallest absolute Gasteiger partial charge is 0.136 e. The molecule has 4 heteroatoms. The Morgan fingerprint density at radius 2 is 0.930 bits per heavy atom. The number of rotatable bonds is 7. The van der Waals surface area contributed by atoms with Crippen molar-refractivity contribution in [1.29, 1.82) is 0 Å². The van der Waals surface area contributed by atoms with Crippen molar-refractivity contribution in [2.24, 2.45) is 0 Å². The van der Waals surface area contributed by atoms with Gasteiger partial charge in [-0.25, -0.2) is 4.98 Å². The van der Waals surface area contributed by atoms with E-state index in [0.717, 1.165) is 70.9 Å². The second-order valence-corrected chi connectivity index (χ2v) is 15.4. The Balaban J connectivity index is 1.000. The minimum atomic E-state index is 0.877. The molecule has 0 saturated carbocycles. The largest absolute Gasteiger partial charge is 0.456 e. The van der Waals surface area contributed by atoms with E-state index < -0.39 is 0 Å². The molecule has 3 nitrogen and oxygen atoms in total. The van der Waals surface area contributed by atoms with Crippen molar-refractivity contribution in [3.8, 4) is 44.0 Å². The zero-order chi connectivity index (χ0) is 37.7. The fourth-order valence-electron chi connectivity index (χ4n) is 8.09. The number of hydrogen-bond acceptors (Lipinski definition) is 4. The molecule has 0 N–H and O–H groups in total. The van der Waals surface area contributed by atoms with Crippen LogP contribution >= 0.6 is 11.3 Å². The monoisotopic (exact) mass is 746 g/mol. The molecule has 2 heterocycles. The Labute approximate surface area is 334 Å². The van der Waals surface area contributed by atoms with Gasteiger partial charge in [0.15, 0.2) is 0 Å². The maximum atomic E-state index is 6.40. The molecule has 0 unspecified atom stereocenters. The van der Waals surface area contributed by atoms with Crippen LogP contribution in [0.4, 0.5) is 17.1 Å². The first-order valence-corrected chi connectivity index (χ1v) is 20.0. The van der Waals surface area contributed by atoms with E-state index in [1.54, 1.807) is 11.3 Å². The number of fused-ring (bicyclic) bond motifs is 5. The van der Waals surface area contributed by atoms with E-state index in [0.29, 0.717) is 0 Å². The number of anilines is 3. The minimum absolute atomic E-state index is 0.877. The molecule has 0 aliphatic carbocycles. The summed E-state index contributed by atoms with van der Waals surface area (Å²) < 4.78 is 7.52. The van der Waals surface area contributed by atoms with Gasteiger partial charge in [-0.05, 0) is 87.3 Å². The SMILES string of the molecule is c1ccc(-c2ccc(N(c3ccc(-c4ccc5oc6cc7sc(-c8ccccc8)nc7cc6c5c4)cc3)c3ccc(-c4ccccc4)c4ccccc34)cc2)cc1. The molecular weight excluding hydrogens is 713 g/mol. The molecule has 0 saturated heterocycles. The predicted octanol–water partition coefficient (Wildman–Crippen LogP) is 15.5. The lowest BCUT2D eigenvalue weighted by Crippen LogP contribution is -2.10. The first kappa shape index (κ1) is 33.1. The highest BCUT2D eigenvalue weighted by molar-refractivity contribution is 7.21. The third kappa shape index (κ3) is 5.95. The van der Waals surface area contributed by atoms with Crippen LogP contribution < -0.4 is 4.90 Å². The molecule has 0 atom stereocenters. The third-order valence-electron chi connectivity index (χ3n) is 10.9. The van der Waals surface area contributed by atoms with Crippen molar-refractivity contribution in [1.82, 2.24) is 4.98 Å². The standard InChI is InChI=1S/C53H34N2OS/c1-4-12-35(13-5-1)36-20-25-41(26-21-36)55(49-30-29-43(38-14-6-2-7-15-38)44-18-10-11-19-45(44)49)42-27-22-37(23-28-42)40-24-31-50-46(32-40)47-33-48-52(34-51(47)56-50)57-53(54-48)39-16-8-3-9-17-39/h1-34H. The molecule has 11 rings (SSSR count). The maximum absolute atomic E-state index is 6.40. The van der Waals surface area contributed by atoms with Crippen LogP contribution in [0.15, 0.2) is 211 Å². The van der Waals surface area contributed by atoms with Crippen molar-refractivity contribution in [2.75, 3.05) is 4.90 Å². The van der Waals surface area contributed by atoms with Gasteiger partial charge in [-0.2, -0.15) is 0 Å². The molecule has 0 amide bonds. The summed E-state index contributed by atoms with van der Waals surface area (Å²) in [6.45, 7) is 0. The Hall–Kier alpha value is -7.27. The summed E-state index contributed by atoms with van der Waals surface area (Å²) >= 11 is 1.70. The summed E-state index contributed by atoms with van der Waals surface area (Å²) in [5, 5.41) is 5.60. The lowest BCUT2D eigenvalue weighted by atomic mass is 9.96. The summed E-state index contributed by atoms with van der Waals surface area (Å²) in [4.78, 5) is 7.39. The topological polar surface area (TPSA) is 29.3 Å². The van der Waals surface area contributed by atoms with E-state index in [1.807, 2.05) is 6.07 Å². The summed E-state index contributed by atoms with van der Waals surface area (Å²) in [5.74, 6) is 0. The molecule has 0 spiro atoms. The maximum Gasteiger partial charge on any atom is 0.136 e. The summed E-state index contributed by atoms with van der Waals surface area (Å²) in [6.07, 6.45) is 0. The number of nitrogens with zero attached hydrogens (tertiary/aromatic N) is 2. The van der Waals surface area contributed by atoms with Crippen LogP contribution in [0.25, 0.3) is 86.9 Å². The van der Waals surface area contributed by atoms with Gasteiger partial charge in [0.1, 0.15) is 16.2 Å². The molecule has 2 aromatic heterocycles. The van der Waals surface area contributed by atoms with E-state index in [9.17, 15) is 0 Å². The third-order valence-corrected chi connectivity index (χ3v) is 12.0. The average molecular weight is 747 g/mol. The van der Waals surface area contributed by atoms with Gasteiger partial charge >= 0.3 is 0 Å². The van der Waals surface area contributed by atoms with Crippen LogP contribution in [0.3, 0.4) is 0 Å². The highest BCUT2D eigenvalue weighted by atomic mass is 32.1. The van der Waals surface area contributed by atoms with Crippen LogP contribution in [0.5, 0.6) is 0 Å². The van der Waals surface area contributed by atoms with Gasteiger partial charge in [0.25, 0.3) is 0 Å². The lowest BCUT2D eigenvalue weighted by Gasteiger charge is -2.28. The van der Waals surface area contributed by atoms with Gasteiger partial charge in [-0.3, -0.25) is 0 Å². The normalized spacial score (nSPS) is 11.5. The molecule has 57 heavy (non-hydrogen) atoms. The van der Waals surface area contributed by atoms with Crippen LogP contribution in [-0.4, -0.2) is 4.98 Å². The molecule has 0 fully saturated rings. The van der Waals surface area contributed by atoms with E-state index in [2.05, 4.69) is 205 Å². The Morgan fingerprint density at radius 1 is 0.386 bits per heavy atom. The van der Waals surface area contributed by atoms with Crippen LogP contribution in [-0.2, 0) is 0 Å². The van der Waals surface area contributed by atoms with Gasteiger partial charge < -0.3 is 9.32 Å². The van der Waals surface area contributed by atoms with E-state index in [-0.39, 0.29) is 0 Å². The average Bonchev–Trinajstić information content (AvgIpc) is 3.87. The second-order valence-electron chi connectivity index (χ2n) is 14.4. The van der Waals surface area contributed by atoms with E-state index in [4.69, 9.17) is 9.40 Å². The number of furan rings is 1. The highest BCUT2D eigenvalue weighted by Gasteiger charge is 2.19. The second kappa shape index (κ2) is 13.8. The zero-order valence-electron chi connectivity index (χ0n) is 30.8. The number of thiazole rings is 1. The van der Waals surface area contributed by atoms with Crippen LogP contribution in [0.1, 0.15) is 0 Å². The molecule has 0 bridgehead atoms. The van der Waals surface area contributed by atoms with Gasteiger partial charge in [0.2, 0.25) is 0 Å². The Bertz CT molecular complexity index is 3210. The predicted molar refractivity (Wildman–Crippen MR) is 241 cm³/mol. The molecule has 11 aromatic rings. The molecule has 0 aliphatic heterocycles. The highest BCUT2D eigenvalue weighted by Crippen LogP contribution is 2.43. The van der Waals surface area contributed by atoms with Crippen molar-refractivity contribution in [3.63, 3.8) is 0 Å². The Kier molecular flexibility index (Phi) is 8.01. The van der Waals surface area contributed by atoms with Gasteiger partial charge in [-0.1, -0.05) is 152 Å². The zero-order valence-corrected chi connectivity index (χ0v) is 31.7. The van der Waals surface area contributed by atoms with Crippen molar-refractivity contribution >= 4 is 71.3 Å². The van der Waals surface area contributed by atoms with Gasteiger partial charge in [0.05, 0.1) is 15.9 Å². The summed E-state index contributed by atoms with van der Waals surface area (Å²) in [5.41, 5.74) is 14.3. The molecule has 0 aliphatic rings. The number of hydrogen-bond donors (Lipinski definition) is 0. The fraction of sp³-hybridized carbons (Fsp3) is 0. The molecule has 9 aromatic carbocycles. The fourth-order valence-corrected chi connectivity index (χ4v) is 9.07. The Morgan fingerprint density at radius 3 is 1.61 bits per heavy atom. The minimum Gasteiger partial charge on any atom is -0.456 e. The summed E-state index contributed by atoms with van der Waals surface area (Å²) in [7, 11) is 0. The van der Waals surface area contributed by atoms with Crippen LogP contribution in [0.2, 0.25) is 0 Å². The number of benzene rings is 9. The lowest BCUT2D eigenvalue weighted by molar-refractivity contribution is 0.669. The van der Waals surface area contributed by atoms with Crippen molar-refractivity contribution in [2.45, 2.75) is 0 Å². The molecule has 268 valence electrons. The summed E-state index contributed by atoms with van der Waals surface area (Å²) in [6, 6.07) is 73.5. The van der Waals surface area contributed by atoms with Gasteiger partial charge in [0, 0.05) is 39.2 Å². The van der Waals surface area contributed by atoms with E-state index in [1.165, 1.54) is 33.0 Å². The molecular formula is C53H34N2OS. The van der Waals surface area contributed by atoms with Gasteiger partial charge in [-0.15, -0.1) is 11.3 Å².